The summed E-state index contributed by atoms with van der Waals surface area (Å²) in [5.74, 6) is -6.26. The van der Waals surface area contributed by atoms with Crippen molar-refractivity contribution in [2.24, 2.45) is 5.10 Å². The van der Waals surface area contributed by atoms with Crippen molar-refractivity contribution in [2.75, 3.05) is 0 Å². The van der Waals surface area contributed by atoms with Gasteiger partial charge in [0.15, 0.2) is 0 Å². The smallest absolute Gasteiger partial charge is 0.344 e. The van der Waals surface area contributed by atoms with E-state index in [9.17, 15) is 30.7 Å². The highest BCUT2D eigenvalue weighted by Gasteiger charge is 2.73. The van der Waals surface area contributed by atoms with E-state index in [0.717, 1.165) is 17.3 Å². The number of hydrogen-bond acceptors (Lipinski definition) is 2. The molecule has 0 aliphatic heterocycles. The van der Waals surface area contributed by atoms with Crippen LogP contribution in [0, 0.1) is 13.8 Å². The van der Waals surface area contributed by atoms with Crippen LogP contribution in [0.25, 0.3) is 10.9 Å². The highest BCUT2D eigenvalue weighted by atomic mass is 19.4. The van der Waals surface area contributed by atoms with E-state index in [2.05, 4.69) is 5.10 Å². The standard InChI is InChI=1S/C16H16F7N3/c1-4-26-10(3)12(11-7-9(2)5-6-13(11)26)8-24-25-16(22,23)14(17,18)15(19,20)21/h5-8,25H,4H2,1-3H3/b24-8+. The lowest BCUT2D eigenvalue weighted by Crippen LogP contribution is -2.58. The number of nitrogens with zero attached hydrogens (tertiary/aromatic N) is 2. The van der Waals surface area contributed by atoms with Crippen LogP contribution < -0.4 is 5.43 Å². The predicted molar refractivity (Wildman–Crippen MR) is 83.8 cm³/mol. The summed E-state index contributed by atoms with van der Waals surface area (Å²) in [7, 11) is 0. The third kappa shape index (κ3) is 3.24. The van der Waals surface area contributed by atoms with Crippen LogP contribution >= 0.6 is 0 Å². The molecule has 0 atom stereocenters. The zero-order valence-electron chi connectivity index (χ0n) is 14.1. The number of halogens is 7. The largest absolute Gasteiger partial charge is 0.462 e. The first-order valence-corrected chi connectivity index (χ1v) is 7.55. The van der Waals surface area contributed by atoms with Gasteiger partial charge in [0.2, 0.25) is 0 Å². The molecule has 0 aliphatic rings. The number of aryl methyl sites for hydroxylation is 2. The van der Waals surface area contributed by atoms with Crippen LogP contribution in [0.5, 0.6) is 0 Å². The highest BCUT2D eigenvalue weighted by Crippen LogP contribution is 2.45. The number of nitrogens with one attached hydrogen (secondary N) is 1. The van der Waals surface area contributed by atoms with Crippen LogP contribution in [-0.4, -0.2) is 28.9 Å². The summed E-state index contributed by atoms with van der Waals surface area (Å²) < 4.78 is 90.4. The minimum absolute atomic E-state index is 0.351. The fourth-order valence-corrected chi connectivity index (χ4v) is 2.62. The lowest BCUT2D eigenvalue weighted by Gasteiger charge is -2.27. The van der Waals surface area contributed by atoms with E-state index in [0.29, 0.717) is 28.6 Å². The van der Waals surface area contributed by atoms with Gasteiger partial charge in [-0.25, -0.2) is 5.43 Å². The van der Waals surface area contributed by atoms with Crippen molar-refractivity contribution in [3.05, 3.63) is 35.0 Å². The van der Waals surface area contributed by atoms with Crippen LogP contribution in [0.3, 0.4) is 0 Å². The monoisotopic (exact) mass is 383 g/mol. The molecule has 1 aromatic carbocycles. The molecule has 1 heterocycles. The molecule has 26 heavy (non-hydrogen) atoms. The minimum atomic E-state index is -6.41. The van der Waals surface area contributed by atoms with Gasteiger partial charge < -0.3 is 4.57 Å². The summed E-state index contributed by atoms with van der Waals surface area (Å²) in [5.41, 5.74) is 3.24. The average Bonchev–Trinajstić information content (AvgIpc) is 2.77. The van der Waals surface area contributed by atoms with Gasteiger partial charge in [-0.1, -0.05) is 11.6 Å². The van der Waals surface area contributed by atoms with Gasteiger partial charge in [0.25, 0.3) is 0 Å². The molecule has 0 bridgehead atoms. The summed E-state index contributed by atoms with van der Waals surface area (Å²) in [6.45, 7) is 5.87. The van der Waals surface area contributed by atoms with Crippen LogP contribution in [0.2, 0.25) is 0 Å². The summed E-state index contributed by atoms with van der Waals surface area (Å²) in [6, 6.07) is -0.198. The first-order valence-electron chi connectivity index (χ1n) is 7.55. The molecular formula is C16H16F7N3. The van der Waals surface area contributed by atoms with E-state index in [1.165, 1.54) is 0 Å². The van der Waals surface area contributed by atoms with Crippen molar-refractivity contribution in [3.8, 4) is 0 Å². The van der Waals surface area contributed by atoms with Crippen molar-refractivity contribution < 1.29 is 30.7 Å². The molecule has 0 amide bonds. The van der Waals surface area contributed by atoms with Gasteiger partial charge in [0.05, 0.1) is 6.21 Å². The fourth-order valence-electron chi connectivity index (χ4n) is 2.62. The van der Waals surface area contributed by atoms with Gasteiger partial charge in [0.1, 0.15) is 0 Å². The Morgan fingerprint density at radius 2 is 1.69 bits per heavy atom. The van der Waals surface area contributed by atoms with Gasteiger partial charge in [0, 0.05) is 28.7 Å². The van der Waals surface area contributed by atoms with Crippen molar-refractivity contribution >= 4 is 17.1 Å². The lowest BCUT2D eigenvalue weighted by molar-refractivity contribution is -0.361. The van der Waals surface area contributed by atoms with Gasteiger partial charge >= 0.3 is 18.1 Å². The first kappa shape index (κ1) is 20.1. The second-order valence-electron chi connectivity index (χ2n) is 5.78. The van der Waals surface area contributed by atoms with Gasteiger partial charge in [-0.3, -0.25) is 0 Å². The lowest BCUT2D eigenvalue weighted by atomic mass is 10.1. The van der Waals surface area contributed by atoms with E-state index in [1.54, 1.807) is 26.0 Å². The summed E-state index contributed by atoms with van der Waals surface area (Å²) in [5, 5.41) is 3.59. The number of alkyl halides is 7. The Labute approximate surface area is 144 Å². The molecule has 0 aliphatic carbocycles. The Hall–Kier alpha value is -2.26. The van der Waals surface area contributed by atoms with Gasteiger partial charge in [-0.15, -0.1) is 0 Å². The first-order chi connectivity index (χ1) is 11.8. The number of hydrazone groups is 1. The van der Waals surface area contributed by atoms with Crippen LogP contribution in [0.15, 0.2) is 23.3 Å². The van der Waals surface area contributed by atoms with Gasteiger partial charge in [-0.05, 0) is 32.9 Å². The molecule has 2 aromatic rings. The maximum Gasteiger partial charge on any atom is 0.462 e. The summed E-state index contributed by atoms with van der Waals surface area (Å²) >= 11 is 0. The highest BCUT2D eigenvalue weighted by molar-refractivity contribution is 6.01. The zero-order chi connectivity index (χ0) is 19.9. The molecule has 144 valence electrons. The zero-order valence-corrected chi connectivity index (χ0v) is 14.1. The fraction of sp³-hybridized carbons (Fsp3) is 0.438. The molecule has 0 unspecified atom stereocenters. The van der Waals surface area contributed by atoms with Crippen LogP contribution in [0.1, 0.15) is 23.7 Å². The maximum atomic E-state index is 13.3. The van der Waals surface area contributed by atoms with E-state index in [-0.39, 0.29) is 0 Å². The number of aromatic nitrogens is 1. The molecule has 10 heteroatoms. The molecule has 0 radical (unpaired) electrons. The summed E-state index contributed by atoms with van der Waals surface area (Å²) in [6.07, 6.45) is -5.59. The maximum absolute atomic E-state index is 13.3. The second-order valence-corrected chi connectivity index (χ2v) is 5.78. The Bertz CT molecular complexity index is 834. The number of rotatable bonds is 5. The Morgan fingerprint density at radius 3 is 2.23 bits per heavy atom. The molecule has 0 saturated carbocycles. The van der Waals surface area contributed by atoms with Crippen molar-refractivity contribution in [1.82, 2.24) is 9.99 Å². The van der Waals surface area contributed by atoms with Gasteiger partial charge in [-0.2, -0.15) is 35.8 Å². The Kier molecular flexibility index (Phi) is 5.00. The quantitative estimate of drug-likeness (QED) is 0.335. The average molecular weight is 383 g/mol. The van der Waals surface area contributed by atoms with E-state index >= 15 is 0 Å². The normalized spacial score (nSPS) is 13.8. The van der Waals surface area contributed by atoms with Crippen molar-refractivity contribution in [2.45, 2.75) is 45.5 Å². The van der Waals surface area contributed by atoms with Crippen molar-refractivity contribution in [1.29, 1.82) is 0 Å². The molecular weight excluding hydrogens is 367 g/mol. The molecule has 0 fully saturated rings. The summed E-state index contributed by atoms with van der Waals surface area (Å²) in [4.78, 5) is 0. The minimum Gasteiger partial charge on any atom is -0.344 e. The molecule has 1 aromatic heterocycles. The van der Waals surface area contributed by atoms with Crippen LogP contribution in [-0.2, 0) is 6.54 Å². The van der Waals surface area contributed by atoms with E-state index in [1.807, 2.05) is 17.6 Å². The van der Waals surface area contributed by atoms with E-state index < -0.39 is 18.1 Å². The van der Waals surface area contributed by atoms with Crippen molar-refractivity contribution in [3.63, 3.8) is 0 Å². The predicted octanol–water partition coefficient (Wildman–Crippen LogP) is 4.99. The second kappa shape index (κ2) is 6.48. The SMILES string of the molecule is CCn1c(C)c(/C=N/NC(F)(F)C(F)(F)C(F)(F)F)c2cc(C)ccc21. The Balaban J connectivity index is 2.40. The number of fused-ring (bicyclic) bond motifs is 1. The topological polar surface area (TPSA) is 29.3 Å². The van der Waals surface area contributed by atoms with Crippen LogP contribution in [0.4, 0.5) is 30.7 Å². The third-order valence-corrected chi connectivity index (χ3v) is 3.99. The molecule has 3 nitrogen and oxygen atoms in total. The molecule has 0 spiro atoms. The molecule has 2 rings (SSSR count). The third-order valence-electron chi connectivity index (χ3n) is 3.99. The molecule has 0 saturated heterocycles. The number of hydrogen-bond donors (Lipinski definition) is 1. The Morgan fingerprint density at radius 1 is 1.08 bits per heavy atom. The number of benzene rings is 1. The molecule has 1 N–H and O–H groups in total. The van der Waals surface area contributed by atoms with E-state index in [4.69, 9.17) is 0 Å².